The van der Waals surface area contributed by atoms with Gasteiger partial charge in [0, 0.05) is 0 Å². The average Bonchev–Trinajstić information content (AvgIpc) is 1.97. The maximum Gasteiger partial charge on any atom is -0.0315 e. The standard InChI is InChI=1S/C15H28/c1-5-7-13(2)10-14(3)8-6-9-15(4,11-13)12-14/h5-12H2,1-4H3. The summed E-state index contributed by atoms with van der Waals surface area (Å²) in [7, 11) is 0. The molecule has 0 aromatic carbocycles. The van der Waals surface area contributed by atoms with E-state index in [4.69, 9.17) is 0 Å². The third-order valence-corrected chi connectivity index (χ3v) is 4.97. The molecule has 0 aromatic heterocycles. The van der Waals surface area contributed by atoms with Crippen LogP contribution < -0.4 is 0 Å². The van der Waals surface area contributed by atoms with E-state index in [0.29, 0.717) is 16.2 Å². The fraction of sp³-hybridized carbons (Fsp3) is 1.00. The summed E-state index contributed by atoms with van der Waals surface area (Å²) < 4.78 is 0. The topological polar surface area (TPSA) is 0 Å². The van der Waals surface area contributed by atoms with Crippen LogP contribution in [0.15, 0.2) is 0 Å². The lowest BCUT2D eigenvalue weighted by atomic mass is 9.49. The molecule has 0 N–H and O–H groups in total. The molecule has 0 heterocycles. The molecule has 0 aromatic rings. The van der Waals surface area contributed by atoms with E-state index in [0.717, 1.165) is 0 Å². The predicted octanol–water partition coefficient (Wildman–Crippen LogP) is 5.17. The molecule has 0 aliphatic heterocycles. The highest BCUT2D eigenvalue weighted by Gasteiger charge is 2.50. The lowest BCUT2D eigenvalue weighted by Gasteiger charge is -2.56. The van der Waals surface area contributed by atoms with Crippen molar-refractivity contribution in [1.29, 1.82) is 0 Å². The van der Waals surface area contributed by atoms with Crippen molar-refractivity contribution in [3.05, 3.63) is 0 Å². The van der Waals surface area contributed by atoms with E-state index in [1.54, 1.807) is 0 Å². The molecule has 0 saturated heterocycles. The van der Waals surface area contributed by atoms with Gasteiger partial charge in [-0.05, 0) is 54.8 Å². The fourth-order valence-corrected chi connectivity index (χ4v) is 5.35. The van der Waals surface area contributed by atoms with Crippen molar-refractivity contribution in [3.63, 3.8) is 0 Å². The van der Waals surface area contributed by atoms with Crippen LogP contribution >= 0.6 is 0 Å². The zero-order valence-corrected chi connectivity index (χ0v) is 11.2. The maximum atomic E-state index is 2.55. The SMILES string of the molecule is CCCC1(C)CC2(C)CCCC(C)(C1)C2. The summed E-state index contributed by atoms with van der Waals surface area (Å²) in [5.74, 6) is 0. The van der Waals surface area contributed by atoms with E-state index in [-0.39, 0.29) is 0 Å². The second-order valence-corrected chi connectivity index (χ2v) is 7.57. The van der Waals surface area contributed by atoms with Gasteiger partial charge in [0.15, 0.2) is 0 Å². The monoisotopic (exact) mass is 208 g/mol. The van der Waals surface area contributed by atoms with Crippen molar-refractivity contribution < 1.29 is 0 Å². The Morgan fingerprint density at radius 2 is 1.40 bits per heavy atom. The summed E-state index contributed by atoms with van der Waals surface area (Å²) in [4.78, 5) is 0. The Labute approximate surface area is 95.8 Å². The van der Waals surface area contributed by atoms with Gasteiger partial charge in [-0.2, -0.15) is 0 Å². The van der Waals surface area contributed by atoms with Crippen molar-refractivity contribution in [2.24, 2.45) is 16.2 Å². The van der Waals surface area contributed by atoms with Gasteiger partial charge in [0.05, 0.1) is 0 Å². The van der Waals surface area contributed by atoms with Gasteiger partial charge in [0.25, 0.3) is 0 Å². The molecule has 0 spiro atoms. The Balaban J connectivity index is 2.20. The summed E-state index contributed by atoms with van der Waals surface area (Å²) in [6, 6.07) is 0. The van der Waals surface area contributed by atoms with Crippen LogP contribution in [-0.2, 0) is 0 Å². The van der Waals surface area contributed by atoms with Crippen LogP contribution in [0.5, 0.6) is 0 Å². The molecule has 2 fully saturated rings. The second kappa shape index (κ2) is 3.50. The first kappa shape index (κ1) is 11.5. The van der Waals surface area contributed by atoms with E-state index < -0.39 is 0 Å². The van der Waals surface area contributed by atoms with Crippen molar-refractivity contribution in [2.75, 3.05) is 0 Å². The Kier molecular flexibility index (Phi) is 2.68. The lowest BCUT2D eigenvalue weighted by molar-refractivity contribution is -0.0542. The van der Waals surface area contributed by atoms with E-state index >= 15 is 0 Å². The zero-order valence-electron chi connectivity index (χ0n) is 11.2. The summed E-state index contributed by atoms with van der Waals surface area (Å²) in [5.41, 5.74) is 2.00. The lowest BCUT2D eigenvalue weighted by Crippen LogP contribution is -2.45. The Morgan fingerprint density at radius 3 is 1.87 bits per heavy atom. The molecular formula is C15H28. The van der Waals surface area contributed by atoms with E-state index in [1.807, 2.05) is 0 Å². The number of hydrogen-bond acceptors (Lipinski definition) is 0. The molecular weight excluding hydrogens is 180 g/mol. The molecule has 2 aliphatic rings. The average molecular weight is 208 g/mol. The maximum absolute atomic E-state index is 2.55. The smallest absolute Gasteiger partial charge is 0.0315 e. The van der Waals surface area contributed by atoms with E-state index in [1.165, 1.54) is 51.4 Å². The molecule has 2 saturated carbocycles. The van der Waals surface area contributed by atoms with Gasteiger partial charge in [-0.25, -0.2) is 0 Å². The van der Waals surface area contributed by atoms with Crippen LogP contribution in [0, 0.1) is 16.2 Å². The predicted molar refractivity (Wildman–Crippen MR) is 66.9 cm³/mol. The molecule has 0 amide bonds. The van der Waals surface area contributed by atoms with E-state index in [2.05, 4.69) is 27.7 Å². The molecule has 0 nitrogen and oxygen atoms in total. The summed E-state index contributed by atoms with van der Waals surface area (Å²) in [5, 5.41) is 0. The van der Waals surface area contributed by atoms with Crippen LogP contribution in [0.4, 0.5) is 0 Å². The minimum Gasteiger partial charge on any atom is -0.0654 e. The first-order valence-corrected chi connectivity index (χ1v) is 6.89. The largest absolute Gasteiger partial charge is 0.0654 e. The number of hydrogen-bond donors (Lipinski definition) is 0. The molecule has 2 bridgehead atoms. The molecule has 15 heavy (non-hydrogen) atoms. The van der Waals surface area contributed by atoms with Gasteiger partial charge < -0.3 is 0 Å². The summed E-state index contributed by atoms with van der Waals surface area (Å²) in [6.07, 6.45) is 11.7. The van der Waals surface area contributed by atoms with Crippen molar-refractivity contribution in [1.82, 2.24) is 0 Å². The molecule has 88 valence electrons. The Morgan fingerprint density at radius 1 is 0.867 bits per heavy atom. The zero-order chi connectivity index (χ0) is 11.2. The molecule has 0 heteroatoms. The number of rotatable bonds is 2. The fourth-order valence-electron chi connectivity index (χ4n) is 5.35. The third kappa shape index (κ3) is 2.24. The Bertz CT molecular complexity index is 224. The molecule has 2 rings (SSSR count). The Hall–Kier alpha value is 0. The van der Waals surface area contributed by atoms with Crippen LogP contribution in [0.25, 0.3) is 0 Å². The van der Waals surface area contributed by atoms with Crippen molar-refractivity contribution in [2.45, 2.75) is 79.1 Å². The first-order valence-electron chi connectivity index (χ1n) is 6.89. The molecule has 2 atom stereocenters. The third-order valence-electron chi connectivity index (χ3n) is 4.97. The van der Waals surface area contributed by atoms with Gasteiger partial charge in [-0.15, -0.1) is 0 Å². The highest BCUT2D eigenvalue weighted by atomic mass is 14.5. The molecule has 2 aliphatic carbocycles. The van der Waals surface area contributed by atoms with Crippen LogP contribution in [0.1, 0.15) is 79.1 Å². The normalized spacial score (nSPS) is 50.4. The van der Waals surface area contributed by atoms with E-state index in [9.17, 15) is 0 Å². The van der Waals surface area contributed by atoms with Gasteiger partial charge in [0.2, 0.25) is 0 Å². The van der Waals surface area contributed by atoms with Gasteiger partial charge in [-0.1, -0.05) is 40.5 Å². The summed E-state index contributed by atoms with van der Waals surface area (Å²) >= 11 is 0. The van der Waals surface area contributed by atoms with Crippen LogP contribution in [0.3, 0.4) is 0 Å². The quantitative estimate of drug-likeness (QED) is 0.587. The highest BCUT2D eigenvalue weighted by molar-refractivity contribution is 5.01. The number of fused-ring (bicyclic) bond motifs is 2. The molecule has 2 unspecified atom stereocenters. The first-order chi connectivity index (χ1) is 6.89. The summed E-state index contributed by atoms with van der Waals surface area (Å²) in [6.45, 7) is 10.0. The van der Waals surface area contributed by atoms with Crippen LogP contribution in [-0.4, -0.2) is 0 Å². The minimum atomic E-state index is 0.650. The minimum absolute atomic E-state index is 0.650. The molecule has 0 radical (unpaired) electrons. The van der Waals surface area contributed by atoms with Gasteiger partial charge in [-0.3, -0.25) is 0 Å². The van der Waals surface area contributed by atoms with Crippen LogP contribution in [0.2, 0.25) is 0 Å². The van der Waals surface area contributed by atoms with Crippen molar-refractivity contribution in [3.8, 4) is 0 Å². The van der Waals surface area contributed by atoms with Gasteiger partial charge in [0.1, 0.15) is 0 Å². The highest BCUT2D eigenvalue weighted by Crippen LogP contribution is 2.61. The van der Waals surface area contributed by atoms with Gasteiger partial charge >= 0.3 is 0 Å². The van der Waals surface area contributed by atoms with Crippen molar-refractivity contribution >= 4 is 0 Å². The second-order valence-electron chi connectivity index (χ2n) is 7.57.